The van der Waals surface area contributed by atoms with Crippen molar-refractivity contribution < 1.29 is 9.47 Å². The standard InChI is InChI=1S/C32H31N3O2/c1-3-7-27-17-23(9-11-25(27)5-1)14-16-36-32-34-19-29(20-35-32)30-13-15-33-21-31(30)37-22-24-10-12-26-6-2-4-8-28(26)18-24/h1-12,17-20,30-31,33H,13-16,21-22H2. The first-order valence-corrected chi connectivity index (χ1v) is 13.0. The smallest absolute Gasteiger partial charge is 0.316 e. The predicted molar refractivity (Wildman–Crippen MR) is 148 cm³/mol. The Bertz CT molecular complexity index is 1480. The van der Waals surface area contributed by atoms with E-state index in [1.54, 1.807) is 0 Å². The number of nitrogens with zero attached hydrogens (tertiary/aromatic N) is 2. The molecule has 1 N–H and O–H groups in total. The number of nitrogens with one attached hydrogen (secondary N) is 1. The molecule has 1 saturated heterocycles. The van der Waals surface area contributed by atoms with Gasteiger partial charge in [0.05, 0.1) is 19.3 Å². The molecule has 1 fully saturated rings. The Balaban J connectivity index is 1.05. The Labute approximate surface area is 217 Å². The van der Waals surface area contributed by atoms with Crippen LogP contribution in [0.1, 0.15) is 29.0 Å². The lowest BCUT2D eigenvalue weighted by Crippen LogP contribution is -2.41. The highest BCUT2D eigenvalue weighted by Crippen LogP contribution is 2.28. The number of piperidine rings is 1. The fraction of sp³-hybridized carbons (Fsp3) is 0.250. The van der Waals surface area contributed by atoms with Gasteiger partial charge in [0.15, 0.2) is 0 Å². The Hall–Kier alpha value is -3.80. The Morgan fingerprint density at radius 3 is 2.14 bits per heavy atom. The quantitative estimate of drug-likeness (QED) is 0.287. The number of ether oxygens (including phenoxy) is 2. The molecule has 5 nitrogen and oxygen atoms in total. The molecule has 4 aromatic carbocycles. The van der Waals surface area contributed by atoms with E-state index in [4.69, 9.17) is 9.47 Å². The zero-order valence-corrected chi connectivity index (χ0v) is 20.8. The van der Waals surface area contributed by atoms with E-state index in [0.717, 1.165) is 31.5 Å². The third-order valence-corrected chi connectivity index (χ3v) is 7.22. The van der Waals surface area contributed by atoms with Crippen LogP contribution >= 0.6 is 0 Å². The van der Waals surface area contributed by atoms with Gasteiger partial charge in [-0.15, -0.1) is 0 Å². The first-order valence-electron chi connectivity index (χ1n) is 13.0. The van der Waals surface area contributed by atoms with Crippen LogP contribution in [0.4, 0.5) is 0 Å². The highest BCUT2D eigenvalue weighted by atomic mass is 16.5. The molecule has 5 heteroatoms. The molecule has 0 radical (unpaired) electrons. The lowest BCUT2D eigenvalue weighted by molar-refractivity contribution is 0.0105. The third kappa shape index (κ3) is 5.63. The van der Waals surface area contributed by atoms with Crippen LogP contribution in [0.5, 0.6) is 6.01 Å². The van der Waals surface area contributed by atoms with Crippen molar-refractivity contribution in [2.45, 2.75) is 31.5 Å². The van der Waals surface area contributed by atoms with Crippen LogP contribution < -0.4 is 10.1 Å². The van der Waals surface area contributed by atoms with Crippen LogP contribution in [0.25, 0.3) is 21.5 Å². The molecule has 0 spiro atoms. The zero-order chi connectivity index (χ0) is 24.9. The van der Waals surface area contributed by atoms with Crippen molar-refractivity contribution in [2.75, 3.05) is 19.7 Å². The van der Waals surface area contributed by atoms with Gasteiger partial charge in [-0.3, -0.25) is 0 Å². The normalized spacial score (nSPS) is 17.7. The molecule has 0 aliphatic carbocycles. The fourth-order valence-electron chi connectivity index (χ4n) is 5.16. The van der Waals surface area contributed by atoms with Crippen molar-refractivity contribution in [1.29, 1.82) is 0 Å². The lowest BCUT2D eigenvalue weighted by atomic mass is 9.89. The van der Waals surface area contributed by atoms with E-state index in [1.165, 1.54) is 32.7 Å². The monoisotopic (exact) mass is 489 g/mol. The van der Waals surface area contributed by atoms with Crippen LogP contribution in [-0.2, 0) is 17.8 Å². The van der Waals surface area contributed by atoms with Gasteiger partial charge in [-0.05, 0) is 57.3 Å². The number of hydrogen-bond acceptors (Lipinski definition) is 5. The second kappa shape index (κ2) is 11.1. The van der Waals surface area contributed by atoms with E-state index >= 15 is 0 Å². The predicted octanol–water partition coefficient (Wildman–Crippen LogP) is 6.07. The minimum Gasteiger partial charge on any atom is -0.463 e. The van der Waals surface area contributed by atoms with E-state index < -0.39 is 0 Å². The number of aromatic nitrogens is 2. The van der Waals surface area contributed by atoms with Crippen LogP contribution in [0.15, 0.2) is 97.3 Å². The molecule has 0 saturated carbocycles. The Morgan fingerprint density at radius 2 is 1.41 bits per heavy atom. The van der Waals surface area contributed by atoms with Crippen LogP contribution in [0.3, 0.4) is 0 Å². The van der Waals surface area contributed by atoms with Gasteiger partial charge < -0.3 is 14.8 Å². The fourth-order valence-corrected chi connectivity index (χ4v) is 5.16. The lowest BCUT2D eigenvalue weighted by Gasteiger charge is -2.32. The van der Waals surface area contributed by atoms with E-state index in [-0.39, 0.29) is 12.0 Å². The Kier molecular flexibility index (Phi) is 7.06. The summed E-state index contributed by atoms with van der Waals surface area (Å²) in [4.78, 5) is 9.03. The molecule has 1 aliphatic rings. The van der Waals surface area contributed by atoms with Crippen molar-refractivity contribution in [3.05, 3.63) is 114 Å². The minimum absolute atomic E-state index is 0.0727. The molecule has 2 unspecified atom stereocenters. The minimum atomic E-state index is 0.0727. The van der Waals surface area contributed by atoms with Crippen molar-refractivity contribution in [1.82, 2.24) is 15.3 Å². The summed E-state index contributed by atoms with van der Waals surface area (Å²) in [5.74, 6) is 0.258. The largest absolute Gasteiger partial charge is 0.463 e. The molecule has 6 rings (SSSR count). The highest BCUT2D eigenvalue weighted by molar-refractivity contribution is 5.83. The van der Waals surface area contributed by atoms with Gasteiger partial charge in [-0.2, -0.15) is 0 Å². The van der Waals surface area contributed by atoms with Gasteiger partial charge >= 0.3 is 6.01 Å². The maximum Gasteiger partial charge on any atom is 0.316 e. The van der Waals surface area contributed by atoms with Crippen LogP contribution in [-0.4, -0.2) is 35.8 Å². The molecule has 0 bridgehead atoms. The summed E-state index contributed by atoms with van der Waals surface area (Å²) in [6.45, 7) is 2.92. The van der Waals surface area contributed by atoms with Crippen LogP contribution in [0, 0.1) is 0 Å². The van der Waals surface area contributed by atoms with Crippen molar-refractivity contribution in [2.24, 2.45) is 0 Å². The van der Waals surface area contributed by atoms with Gasteiger partial charge in [0, 0.05) is 31.3 Å². The van der Waals surface area contributed by atoms with Crippen molar-refractivity contribution in [3.63, 3.8) is 0 Å². The highest BCUT2D eigenvalue weighted by Gasteiger charge is 2.28. The summed E-state index contributed by atoms with van der Waals surface area (Å²) in [6.07, 6.45) is 5.69. The SMILES string of the molecule is c1ccc2cc(CCOc3ncc(C4CCNCC4OCc4ccc5ccccc5c4)cn3)ccc2c1. The first kappa shape index (κ1) is 23.6. The molecule has 37 heavy (non-hydrogen) atoms. The first-order chi connectivity index (χ1) is 18.3. The summed E-state index contributed by atoms with van der Waals surface area (Å²) in [5.41, 5.74) is 3.54. The van der Waals surface area contributed by atoms with Crippen molar-refractivity contribution >= 4 is 21.5 Å². The zero-order valence-electron chi connectivity index (χ0n) is 20.8. The molecule has 2 heterocycles. The number of benzene rings is 4. The van der Waals surface area contributed by atoms with Gasteiger partial charge in [0.1, 0.15) is 0 Å². The second-order valence-electron chi connectivity index (χ2n) is 9.71. The van der Waals surface area contributed by atoms with Gasteiger partial charge in [-0.1, -0.05) is 78.9 Å². The maximum absolute atomic E-state index is 6.41. The van der Waals surface area contributed by atoms with Crippen LogP contribution in [0.2, 0.25) is 0 Å². The average molecular weight is 490 g/mol. The number of hydrogen-bond donors (Lipinski definition) is 1. The molecule has 2 atom stereocenters. The summed E-state index contributed by atoms with van der Waals surface area (Å²) in [5, 5.41) is 8.47. The topological polar surface area (TPSA) is 56.3 Å². The molecule has 186 valence electrons. The number of rotatable bonds is 8. The summed E-state index contributed by atoms with van der Waals surface area (Å²) in [6, 6.07) is 30.3. The second-order valence-corrected chi connectivity index (χ2v) is 9.71. The number of fused-ring (bicyclic) bond motifs is 2. The summed E-state index contributed by atoms with van der Waals surface area (Å²) in [7, 11) is 0. The molecule has 0 amide bonds. The average Bonchev–Trinajstić information content (AvgIpc) is 2.96. The summed E-state index contributed by atoms with van der Waals surface area (Å²) < 4.78 is 12.3. The molecular formula is C32H31N3O2. The molecule has 5 aromatic rings. The van der Waals surface area contributed by atoms with E-state index in [2.05, 4.69) is 100 Å². The molecular weight excluding hydrogens is 458 g/mol. The van der Waals surface area contributed by atoms with Gasteiger partial charge in [0.25, 0.3) is 0 Å². The van der Waals surface area contributed by atoms with Gasteiger partial charge in [-0.25, -0.2) is 9.97 Å². The third-order valence-electron chi connectivity index (χ3n) is 7.22. The Morgan fingerprint density at radius 1 is 0.757 bits per heavy atom. The van der Waals surface area contributed by atoms with Crippen molar-refractivity contribution in [3.8, 4) is 6.01 Å². The maximum atomic E-state index is 6.41. The molecule has 1 aromatic heterocycles. The van der Waals surface area contributed by atoms with E-state index in [1.807, 2.05) is 12.4 Å². The van der Waals surface area contributed by atoms with E-state index in [0.29, 0.717) is 19.2 Å². The van der Waals surface area contributed by atoms with E-state index in [9.17, 15) is 0 Å². The van der Waals surface area contributed by atoms with Gasteiger partial charge in [0.2, 0.25) is 0 Å². The summed E-state index contributed by atoms with van der Waals surface area (Å²) >= 11 is 0. The molecule has 1 aliphatic heterocycles.